The maximum Gasteiger partial charge on any atom is 0.133 e. The number of halogens is 2. The average molecular weight is 233 g/mol. The van der Waals surface area contributed by atoms with Crippen molar-refractivity contribution < 1.29 is 8.78 Å². The van der Waals surface area contributed by atoms with E-state index in [4.69, 9.17) is 5.73 Å². The van der Waals surface area contributed by atoms with Crippen LogP contribution in [-0.2, 0) is 6.54 Å². The van der Waals surface area contributed by atoms with Crippen LogP contribution in [0.2, 0.25) is 0 Å². The van der Waals surface area contributed by atoms with E-state index in [1.165, 1.54) is 12.1 Å². The molecule has 3 heteroatoms. The van der Waals surface area contributed by atoms with E-state index in [0.29, 0.717) is 12.1 Å². The maximum absolute atomic E-state index is 13.7. The maximum atomic E-state index is 13.7. The molecule has 1 nitrogen and oxygen atoms in total. The second kappa shape index (κ2) is 4.63. The fourth-order valence-electron chi connectivity index (χ4n) is 1.79. The highest BCUT2D eigenvalue weighted by Crippen LogP contribution is 2.27. The van der Waals surface area contributed by atoms with E-state index in [2.05, 4.69) is 0 Å². The van der Waals surface area contributed by atoms with Gasteiger partial charge in [-0.25, -0.2) is 8.78 Å². The Hall–Kier alpha value is -1.74. The summed E-state index contributed by atoms with van der Waals surface area (Å²) in [5, 5.41) is 0. The Morgan fingerprint density at radius 3 is 2.41 bits per heavy atom. The Labute approximate surface area is 98.9 Å². The number of nitrogens with two attached hydrogens (primary N) is 1. The fraction of sp³-hybridized carbons (Fsp3) is 0.143. The number of rotatable bonds is 2. The summed E-state index contributed by atoms with van der Waals surface area (Å²) in [6, 6.07) is 9.23. The van der Waals surface area contributed by atoms with Gasteiger partial charge in [0.25, 0.3) is 0 Å². The third-order valence-electron chi connectivity index (χ3n) is 2.76. The summed E-state index contributed by atoms with van der Waals surface area (Å²) in [5.74, 6) is -1.12. The smallest absolute Gasteiger partial charge is 0.133 e. The second-order valence-electron chi connectivity index (χ2n) is 3.98. The number of hydrogen-bond donors (Lipinski definition) is 1. The van der Waals surface area contributed by atoms with Gasteiger partial charge in [0.05, 0.1) is 0 Å². The zero-order valence-corrected chi connectivity index (χ0v) is 9.50. The molecule has 0 saturated carbocycles. The van der Waals surface area contributed by atoms with Crippen LogP contribution < -0.4 is 5.73 Å². The van der Waals surface area contributed by atoms with Crippen LogP contribution in [0.25, 0.3) is 11.1 Å². The van der Waals surface area contributed by atoms with Crippen LogP contribution in [0.1, 0.15) is 11.1 Å². The van der Waals surface area contributed by atoms with Gasteiger partial charge in [-0.2, -0.15) is 0 Å². The molecule has 0 saturated heterocycles. The van der Waals surface area contributed by atoms with Gasteiger partial charge in [0.1, 0.15) is 11.6 Å². The zero-order chi connectivity index (χ0) is 12.4. The molecule has 0 fully saturated rings. The molecular formula is C14H13F2N. The van der Waals surface area contributed by atoms with E-state index in [9.17, 15) is 8.78 Å². The van der Waals surface area contributed by atoms with Gasteiger partial charge in [0, 0.05) is 18.2 Å². The first-order valence-electron chi connectivity index (χ1n) is 5.37. The minimum absolute atomic E-state index is 0.399. The molecule has 0 unspecified atom stereocenters. The molecule has 0 atom stereocenters. The van der Waals surface area contributed by atoms with Gasteiger partial charge in [-0.3, -0.25) is 0 Å². The lowest BCUT2D eigenvalue weighted by molar-refractivity contribution is 0.585. The van der Waals surface area contributed by atoms with E-state index < -0.39 is 11.6 Å². The zero-order valence-electron chi connectivity index (χ0n) is 9.50. The monoisotopic (exact) mass is 233 g/mol. The summed E-state index contributed by atoms with van der Waals surface area (Å²) in [6.45, 7) is 2.29. The lowest BCUT2D eigenvalue weighted by Crippen LogP contribution is -1.98. The molecule has 2 rings (SSSR count). The standard InChI is InChI=1S/C14H13F2N/c1-9-2-3-10(8-17)6-13(9)12-5-4-11(15)7-14(12)16/h2-7H,8,17H2,1H3. The molecule has 2 aromatic carbocycles. The number of hydrogen-bond acceptors (Lipinski definition) is 1. The fourth-order valence-corrected chi connectivity index (χ4v) is 1.79. The Bertz CT molecular complexity index is 550. The van der Waals surface area contributed by atoms with Gasteiger partial charge in [0.2, 0.25) is 0 Å². The molecule has 0 aliphatic rings. The van der Waals surface area contributed by atoms with Crippen molar-refractivity contribution in [1.82, 2.24) is 0 Å². The van der Waals surface area contributed by atoms with Gasteiger partial charge < -0.3 is 5.73 Å². The van der Waals surface area contributed by atoms with Crippen LogP contribution in [0.5, 0.6) is 0 Å². The molecule has 0 heterocycles. The number of aryl methyl sites for hydroxylation is 1. The van der Waals surface area contributed by atoms with Crippen LogP contribution in [0.15, 0.2) is 36.4 Å². The second-order valence-corrected chi connectivity index (χ2v) is 3.98. The Morgan fingerprint density at radius 2 is 1.76 bits per heavy atom. The van der Waals surface area contributed by atoms with Crippen molar-refractivity contribution in [3.8, 4) is 11.1 Å². The van der Waals surface area contributed by atoms with Crippen LogP contribution >= 0.6 is 0 Å². The van der Waals surface area contributed by atoms with Gasteiger partial charge in [-0.1, -0.05) is 12.1 Å². The summed E-state index contributed by atoms with van der Waals surface area (Å²) in [7, 11) is 0. The van der Waals surface area contributed by atoms with Crippen LogP contribution in [-0.4, -0.2) is 0 Å². The summed E-state index contributed by atoms with van der Waals surface area (Å²) < 4.78 is 26.5. The summed E-state index contributed by atoms with van der Waals surface area (Å²) >= 11 is 0. The third-order valence-corrected chi connectivity index (χ3v) is 2.76. The quantitative estimate of drug-likeness (QED) is 0.845. The largest absolute Gasteiger partial charge is 0.326 e. The van der Waals surface area contributed by atoms with Crippen LogP contribution in [0, 0.1) is 18.6 Å². The Balaban J connectivity index is 2.59. The van der Waals surface area contributed by atoms with Gasteiger partial charge in [-0.05, 0) is 41.8 Å². The summed E-state index contributed by atoms with van der Waals surface area (Å²) in [6.07, 6.45) is 0. The van der Waals surface area contributed by atoms with E-state index in [-0.39, 0.29) is 0 Å². The van der Waals surface area contributed by atoms with Crippen molar-refractivity contribution in [3.63, 3.8) is 0 Å². The first kappa shape index (κ1) is 11.7. The molecule has 0 aliphatic carbocycles. The lowest BCUT2D eigenvalue weighted by atomic mass is 9.97. The Morgan fingerprint density at radius 1 is 1.00 bits per heavy atom. The van der Waals surface area contributed by atoms with Gasteiger partial charge >= 0.3 is 0 Å². The molecule has 17 heavy (non-hydrogen) atoms. The normalized spacial score (nSPS) is 10.6. The molecule has 88 valence electrons. The molecule has 0 spiro atoms. The topological polar surface area (TPSA) is 26.0 Å². The van der Waals surface area contributed by atoms with Gasteiger partial charge in [-0.15, -0.1) is 0 Å². The minimum Gasteiger partial charge on any atom is -0.326 e. The van der Waals surface area contributed by atoms with Crippen LogP contribution in [0.4, 0.5) is 8.78 Å². The van der Waals surface area contributed by atoms with E-state index in [0.717, 1.165) is 22.8 Å². The van der Waals surface area contributed by atoms with Crippen molar-refractivity contribution in [2.75, 3.05) is 0 Å². The average Bonchev–Trinajstić information content (AvgIpc) is 2.30. The predicted octanol–water partition coefficient (Wildman–Crippen LogP) is 3.40. The van der Waals surface area contributed by atoms with E-state index in [1.54, 1.807) is 0 Å². The van der Waals surface area contributed by atoms with Crippen molar-refractivity contribution in [2.45, 2.75) is 13.5 Å². The van der Waals surface area contributed by atoms with Crippen molar-refractivity contribution in [1.29, 1.82) is 0 Å². The molecule has 0 radical (unpaired) electrons. The van der Waals surface area contributed by atoms with Crippen LogP contribution in [0.3, 0.4) is 0 Å². The summed E-state index contributed by atoms with van der Waals surface area (Å²) in [4.78, 5) is 0. The lowest BCUT2D eigenvalue weighted by Gasteiger charge is -2.09. The number of benzene rings is 2. The van der Waals surface area contributed by atoms with Crippen molar-refractivity contribution in [3.05, 3.63) is 59.2 Å². The molecule has 2 aromatic rings. The minimum atomic E-state index is -0.570. The molecule has 0 aliphatic heterocycles. The first-order chi connectivity index (χ1) is 8.11. The van der Waals surface area contributed by atoms with E-state index in [1.807, 2.05) is 25.1 Å². The molecule has 2 N–H and O–H groups in total. The predicted molar refractivity (Wildman–Crippen MR) is 64.4 cm³/mol. The summed E-state index contributed by atoms with van der Waals surface area (Å²) in [5.41, 5.74) is 8.58. The highest BCUT2D eigenvalue weighted by atomic mass is 19.1. The van der Waals surface area contributed by atoms with Gasteiger partial charge in [0.15, 0.2) is 0 Å². The SMILES string of the molecule is Cc1ccc(CN)cc1-c1ccc(F)cc1F. The molecule has 0 amide bonds. The molecule has 0 bridgehead atoms. The van der Waals surface area contributed by atoms with E-state index >= 15 is 0 Å². The molecule has 0 aromatic heterocycles. The molecular weight excluding hydrogens is 220 g/mol. The third kappa shape index (κ3) is 2.34. The highest BCUT2D eigenvalue weighted by molar-refractivity contribution is 5.68. The van der Waals surface area contributed by atoms with Crippen molar-refractivity contribution in [2.24, 2.45) is 5.73 Å². The first-order valence-corrected chi connectivity index (χ1v) is 5.37. The Kier molecular flexibility index (Phi) is 3.20. The van der Waals surface area contributed by atoms with Crippen molar-refractivity contribution >= 4 is 0 Å². The highest BCUT2D eigenvalue weighted by Gasteiger charge is 2.09.